The minimum absolute atomic E-state index is 0.0205. The van der Waals surface area contributed by atoms with E-state index in [0.29, 0.717) is 10.0 Å². The van der Waals surface area contributed by atoms with Crippen LogP contribution in [0.15, 0.2) is 29.4 Å². The molecule has 0 saturated carbocycles. The maximum Gasteiger partial charge on any atom is 0.204 e. The Hall–Kier alpha value is -2.21. The molecular weight excluding hydrogens is 274 g/mol. The average molecular weight is 289 g/mol. The predicted molar refractivity (Wildman–Crippen MR) is 81.1 cm³/mol. The second-order valence-electron chi connectivity index (χ2n) is 4.13. The number of rotatable bonds is 5. The molecule has 6 heteroatoms. The Morgan fingerprint density at radius 1 is 1.40 bits per heavy atom. The molecule has 1 N–H and O–H groups in total. The van der Waals surface area contributed by atoms with Crippen molar-refractivity contribution >= 4 is 28.5 Å². The number of benzene rings is 1. The molecule has 0 amide bonds. The summed E-state index contributed by atoms with van der Waals surface area (Å²) in [6, 6.07) is 7.53. The standard InChI is InChI=1S/C14H15N3O2S/c1-9-13(10(2)18)20-14(16-9)17-15-8-11-4-6-12(19-3)7-5-11/h4-8H,1-3H3,(H,16,17)/b15-8+. The maximum absolute atomic E-state index is 11.3. The van der Waals surface area contributed by atoms with Crippen LogP contribution in [0.5, 0.6) is 5.75 Å². The van der Waals surface area contributed by atoms with Crippen LogP contribution in [0.1, 0.15) is 27.9 Å². The Balaban J connectivity index is 2.02. The smallest absolute Gasteiger partial charge is 0.204 e. The lowest BCUT2D eigenvalue weighted by Gasteiger charge is -1.98. The normalized spacial score (nSPS) is 10.8. The highest BCUT2D eigenvalue weighted by Crippen LogP contribution is 2.22. The van der Waals surface area contributed by atoms with Gasteiger partial charge in [-0.1, -0.05) is 11.3 Å². The van der Waals surface area contributed by atoms with Crippen molar-refractivity contribution in [2.75, 3.05) is 12.5 Å². The quantitative estimate of drug-likeness (QED) is 0.522. The molecule has 20 heavy (non-hydrogen) atoms. The van der Waals surface area contributed by atoms with Gasteiger partial charge in [0.05, 0.1) is 23.9 Å². The third-order valence-electron chi connectivity index (χ3n) is 2.61. The lowest BCUT2D eigenvalue weighted by Crippen LogP contribution is -1.90. The maximum atomic E-state index is 11.3. The van der Waals surface area contributed by atoms with Gasteiger partial charge < -0.3 is 4.74 Å². The zero-order valence-corrected chi connectivity index (χ0v) is 12.3. The summed E-state index contributed by atoms with van der Waals surface area (Å²) >= 11 is 1.30. The number of hydrogen-bond acceptors (Lipinski definition) is 6. The summed E-state index contributed by atoms with van der Waals surface area (Å²) in [7, 11) is 1.63. The number of thiazole rings is 1. The number of nitrogens with zero attached hydrogens (tertiary/aromatic N) is 2. The number of anilines is 1. The van der Waals surface area contributed by atoms with Gasteiger partial charge in [-0.25, -0.2) is 4.98 Å². The second-order valence-corrected chi connectivity index (χ2v) is 5.13. The number of hydrogen-bond donors (Lipinski definition) is 1. The molecule has 0 bridgehead atoms. The van der Waals surface area contributed by atoms with Gasteiger partial charge in [-0.15, -0.1) is 0 Å². The fourth-order valence-electron chi connectivity index (χ4n) is 1.62. The molecule has 5 nitrogen and oxygen atoms in total. The Morgan fingerprint density at radius 2 is 2.10 bits per heavy atom. The van der Waals surface area contributed by atoms with Crippen LogP contribution in [0, 0.1) is 6.92 Å². The number of aromatic nitrogens is 1. The Morgan fingerprint density at radius 3 is 2.65 bits per heavy atom. The number of carbonyl (C=O) groups excluding carboxylic acids is 1. The molecule has 0 radical (unpaired) electrons. The molecular formula is C14H15N3O2S. The van der Waals surface area contributed by atoms with Crippen molar-refractivity contribution in [3.05, 3.63) is 40.4 Å². The summed E-state index contributed by atoms with van der Waals surface area (Å²) in [6.07, 6.45) is 1.68. The molecule has 0 aliphatic carbocycles. The van der Waals surface area contributed by atoms with Gasteiger partial charge in [0.2, 0.25) is 5.13 Å². The molecule has 0 fully saturated rings. The molecule has 0 atom stereocenters. The summed E-state index contributed by atoms with van der Waals surface area (Å²) in [6.45, 7) is 3.34. The van der Waals surface area contributed by atoms with Crippen LogP contribution in [0.3, 0.4) is 0 Å². The van der Waals surface area contributed by atoms with Crippen LogP contribution in [0.2, 0.25) is 0 Å². The van der Waals surface area contributed by atoms with Crippen LogP contribution < -0.4 is 10.2 Å². The number of methoxy groups -OCH3 is 1. The first-order valence-corrected chi connectivity index (χ1v) is 6.83. The SMILES string of the molecule is COc1ccc(/C=N/Nc2nc(C)c(C(C)=O)s2)cc1. The van der Waals surface area contributed by atoms with E-state index in [1.54, 1.807) is 13.3 Å². The number of ketones is 1. The van der Waals surface area contributed by atoms with Crippen LogP contribution in [0.25, 0.3) is 0 Å². The predicted octanol–water partition coefficient (Wildman–Crippen LogP) is 3.11. The number of carbonyl (C=O) groups is 1. The number of Topliss-reactive ketones (excluding diaryl/α,β-unsaturated/α-hetero) is 1. The number of ether oxygens (including phenoxy) is 1. The summed E-state index contributed by atoms with van der Waals surface area (Å²) in [5.41, 5.74) is 4.50. The Bertz CT molecular complexity index is 632. The lowest BCUT2D eigenvalue weighted by atomic mass is 10.2. The topological polar surface area (TPSA) is 63.6 Å². The molecule has 0 aliphatic rings. The van der Waals surface area contributed by atoms with Crippen LogP contribution in [-0.2, 0) is 0 Å². The molecule has 104 valence electrons. The number of hydrazone groups is 1. The highest BCUT2D eigenvalue weighted by molar-refractivity contribution is 7.17. The highest BCUT2D eigenvalue weighted by Gasteiger charge is 2.10. The molecule has 0 spiro atoms. The van der Waals surface area contributed by atoms with E-state index in [2.05, 4.69) is 15.5 Å². The zero-order chi connectivity index (χ0) is 14.5. The molecule has 1 aromatic heterocycles. The van der Waals surface area contributed by atoms with Crippen molar-refractivity contribution in [1.29, 1.82) is 0 Å². The first-order valence-electron chi connectivity index (χ1n) is 6.01. The van der Waals surface area contributed by atoms with Crippen molar-refractivity contribution in [3.8, 4) is 5.75 Å². The molecule has 1 aromatic carbocycles. The minimum atomic E-state index is 0.0205. The third-order valence-corrected chi connectivity index (χ3v) is 3.77. The van der Waals surface area contributed by atoms with E-state index in [1.165, 1.54) is 18.3 Å². The summed E-state index contributed by atoms with van der Waals surface area (Å²) in [5.74, 6) is 0.823. The van der Waals surface area contributed by atoms with Gasteiger partial charge in [0.1, 0.15) is 5.75 Å². The van der Waals surface area contributed by atoms with Gasteiger partial charge in [0, 0.05) is 6.92 Å². The third kappa shape index (κ3) is 3.42. The van der Waals surface area contributed by atoms with Crippen molar-refractivity contribution in [2.45, 2.75) is 13.8 Å². The molecule has 2 aromatic rings. The van der Waals surface area contributed by atoms with Gasteiger partial charge in [-0.2, -0.15) is 5.10 Å². The van der Waals surface area contributed by atoms with E-state index < -0.39 is 0 Å². The minimum Gasteiger partial charge on any atom is -0.497 e. The monoisotopic (exact) mass is 289 g/mol. The Labute approximate surface area is 121 Å². The van der Waals surface area contributed by atoms with Gasteiger partial charge in [-0.05, 0) is 36.8 Å². The molecule has 0 saturated heterocycles. The first kappa shape index (κ1) is 14.2. The van der Waals surface area contributed by atoms with Crippen LogP contribution in [-0.4, -0.2) is 24.1 Å². The summed E-state index contributed by atoms with van der Waals surface area (Å²) < 4.78 is 5.08. The van der Waals surface area contributed by atoms with Gasteiger partial charge >= 0.3 is 0 Å². The van der Waals surface area contributed by atoms with Crippen molar-refractivity contribution < 1.29 is 9.53 Å². The molecule has 0 aliphatic heterocycles. The fraction of sp³-hybridized carbons (Fsp3) is 0.214. The van der Waals surface area contributed by atoms with Crippen LogP contribution >= 0.6 is 11.3 Å². The van der Waals surface area contributed by atoms with E-state index in [1.807, 2.05) is 31.2 Å². The Kier molecular flexibility index (Phi) is 4.47. The number of aryl methyl sites for hydroxylation is 1. The molecule has 2 rings (SSSR count). The van der Waals surface area contributed by atoms with Crippen molar-refractivity contribution in [1.82, 2.24) is 4.98 Å². The van der Waals surface area contributed by atoms with E-state index >= 15 is 0 Å². The lowest BCUT2D eigenvalue weighted by molar-refractivity contribution is 0.102. The van der Waals surface area contributed by atoms with E-state index in [4.69, 9.17) is 4.74 Å². The van der Waals surface area contributed by atoms with Gasteiger partial charge in [-0.3, -0.25) is 10.2 Å². The van der Waals surface area contributed by atoms with Gasteiger partial charge in [0.15, 0.2) is 5.78 Å². The highest BCUT2D eigenvalue weighted by atomic mass is 32.1. The van der Waals surface area contributed by atoms with Crippen molar-refractivity contribution in [2.24, 2.45) is 5.10 Å². The van der Waals surface area contributed by atoms with Crippen molar-refractivity contribution in [3.63, 3.8) is 0 Å². The van der Waals surface area contributed by atoms with E-state index in [-0.39, 0.29) is 5.78 Å². The molecule has 1 heterocycles. The average Bonchev–Trinajstić information content (AvgIpc) is 2.81. The second kappa shape index (κ2) is 6.29. The largest absolute Gasteiger partial charge is 0.497 e. The zero-order valence-electron chi connectivity index (χ0n) is 11.5. The van der Waals surface area contributed by atoms with Gasteiger partial charge in [0.25, 0.3) is 0 Å². The van der Waals surface area contributed by atoms with E-state index in [0.717, 1.165) is 17.0 Å². The first-order chi connectivity index (χ1) is 9.60. The van der Waals surface area contributed by atoms with Crippen LogP contribution in [0.4, 0.5) is 5.13 Å². The summed E-state index contributed by atoms with van der Waals surface area (Å²) in [5, 5.41) is 4.71. The molecule has 0 unspecified atom stereocenters. The fourth-order valence-corrected chi connectivity index (χ4v) is 2.43. The number of nitrogens with one attached hydrogen (secondary N) is 1. The van der Waals surface area contributed by atoms with E-state index in [9.17, 15) is 4.79 Å². The summed E-state index contributed by atoms with van der Waals surface area (Å²) in [4.78, 5) is 16.2.